The van der Waals surface area contributed by atoms with E-state index in [2.05, 4.69) is 15.6 Å². The molecule has 0 atom stereocenters. The van der Waals surface area contributed by atoms with Crippen LogP contribution >= 0.6 is 11.3 Å². The fraction of sp³-hybridized carbons (Fsp3) is 0.333. The first-order chi connectivity index (χ1) is 9.31. The third-order valence-electron chi connectivity index (χ3n) is 2.72. The zero-order chi connectivity index (χ0) is 13.1. The molecule has 0 unspecified atom stereocenters. The zero-order valence-electron chi connectivity index (χ0n) is 10.1. The number of furan rings is 1. The van der Waals surface area contributed by atoms with Crippen LogP contribution in [0.4, 0.5) is 9.93 Å². The van der Waals surface area contributed by atoms with Crippen LogP contribution in [0.1, 0.15) is 16.3 Å². The Morgan fingerprint density at radius 2 is 2.47 bits per heavy atom. The van der Waals surface area contributed by atoms with Crippen molar-refractivity contribution in [3.05, 3.63) is 34.7 Å². The molecule has 0 saturated heterocycles. The molecule has 0 saturated carbocycles. The fourth-order valence-electron chi connectivity index (χ4n) is 1.80. The molecule has 1 aliphatic heterocycles. The van der Waals surface area contributed by atoms with E-state index in [1.807, 2.05) is 0 Å². The van der Waals surface area contributed by atoms with E-state index < -0.39 is 0 Å². The second-order valence-corrected chi connectivity index (χ2v) is 5.16. The van der Waals surface area contributed by atoms with Crippen molar-refractivity contribution in [3.8, 4) is 0 Å². The average Bonchev–Trinajstić information content (AvgIpc) is 3.04. The highest BCUT2D eigenvalue weighted by Gasteiger charge is 2.16. The molecule has 19 heavy (non-hydrogen) atoms. The van der Waals surface area contributed by atoms with Gasteiger partial charge in [-0.3, -0.25) is 5.32 Å². The lowest BCUT2D eigenvalue weighted by Gasteiger charge is -2.08. The van der Waals surface area contributed by atoms with Crippen molar-refractivity contribution in [2.45, 2.75) is 19.6 Å². The van der Waals surface area contributed by atoms with E-state index in [0.29, 0.717) is 30.7 Å². The Hall–Kier alpha value is -1.86. The van der Waals surface area contributed by atoms with E-state index >= 15 is 0 Å². The van der Waals surface area contributed by atoms with Crippen LogP contribution < -0.4 is 10.6 Å². The van der Waals surface area contributed by atoms with Crippen LogP contribution in [0.15, 0.2) is 22.8 Å². The summed E-state index contributed by atoms with van der Waals surface area (Å²) >= 11 is 1.46. The SMILES string of the molecule is O=C(NCc1ccco1)Nc1nc2c(s1)COCC2. The molecule has 3 rings (SSSR count). The molecule has 100 valence electrons. The van der Waals surface area contributed by atoms with E-state index in [-0.39, 0.29) is 6.03 Å². The summed E-state index contributed by atoms with van der Waals surface area (Å²) in [5, 5.41) is 6.03. The standard InChI is InChI=1S/C12H13N3O3S/c16-11(13-6-8-2-1-4-18-8)15-12-14-9-3-5-17-7-10(9)19-12/h1-2,4H,3,5-7H2,(H2,13,14,15,16). The van der Waals surface area contributed by atoms with E-state index in [9.17, 15) is 4.79 Å². The minimum Gasteiger partial charge on any atom is -0.467 e. The van der Waals surface area contributed by atoms with Crippen LogP contribution in [0.25, 0.3) is 0 Å². The number of hydrogen-bond acceptors (Lipinski definition) is 5. The molecule has 2 aromatic heterocycles. The molecule has 0 fully saturated rings. The van der Waals surface area contributed by atoms with Crippen LogP contribution in [0.5, 0.6) is 0 Å². The molecule has 0 bridgehead atoms. The minimum atomic E-state index is -0.289. The maximum Gasteiger partial charge on any atom is 0.321 e. The molecule has 7 heteroatoms. The predicted molar refractivity (Wildman–Crippen MR) is 70.0 cm³/mol. The Kier molecular flexibility index (Phi) is 3.47. The number of urea groups is 1. The van der Waals surface area contributed by atoms with Crippen molar-refractivity contribution in [1.82, 2.24) is 10.3 Å². The Balaban J connectivity index is 1.55. The largest absolute Gasteiger partial charge is 0.467 e. The molecule has 2 amide bonds. The van der Waals surface area contributed by atoms with Gasteiger partial charge in [-0.15, -0.1) is 0 Å². The fourth-order valence-corrected chi connectivity index (χ4v) is 2.74. The maximum atomic E-state index is 11.7. The summed E-state index contributed by atoms with van der Waals surface area (Å²) < 4.78 is 10.5. The zero-order valence-corrected chi connectivity index (χ0v) is 11.0. The predicted octanol–water partition coefficient (Wildman–Crippen LogP) is 2.13. The topological polar surface area (TPSA) is 76.4 Å². The molecule has 2 N–H and O–H groups in total. The normalized spacial score (nSPS) is 13.9. The first kappa shape index (κ1) is 12.2. The van der Waals surface area contributed by atoms with E-state index in [0.717, 1.165) is 17.0 Å². The third-order valence-corrected chi connectivity index (χ3v) is 3.70. The number of carbonyl (C=O) groups excluding carboxylic acids is 1. The molecule has 2 aromatic rings. The molecular weight excluding hydrogens is 266 g/mol. The minimum absolute atomic E-state index is 0.289. The lowest BCUT2D eigenvalue weighted by atomic mass is 10.2. The summed E-state index contributed by atoms with van der Waals surface area (Å²) in [5.74, 6) is 0.710. The van der Waals surface area contributed by atoms with Gasteiger partial charge in [-0.2, -0.15) is 0 Å². The molecule has 0 aromatic carbocycles. The number of hydrogen-bond donors (Lipinski definition) is 2. The van der Waals surface area contributed by atoms with Gasteiger partial charge in [-0.05, 0) is 12.1 Å². The number of thiazole rings is 1. The molecule has 0 aliphatic carbocycles. The van der Waals surface area contributed by atoms with Crippen molar-refractivity contribution in [3.63, 3.8) is 0 Å². The number of nitrogens with zero attached hydrogens (tertiary/aromatic N) is 1. The summed E-state index contributed by atoms with van der Waals surface area (Å²) in [4.78, 5) is 17.2. The maximum absolute atomic E-state index is 11.7. The number of rotatable bonds is 3. The van der Waals surface area contributed by atoms with Crippen LogP contribution in [0, 0.1) is 0 Å². The third kappa shape index (κ3) is 2.94. The number of nitrogens with one attached hydrogen (secondary N) is 2. The van der Waals surface area contributed by atoms with Crippen LogP contribution in [-0.4, -0.2) is 17.6 Å². The van der Waals surface area contributed by atoms with Crippen molar-refractivity contribution in [2.75, 3.05) is 11.9 Å². The summed E-state index contributed by atoms with van der Waals surface area (Å²) in [6.07, 6.45) is 2.38. The van der Waals surface area contributed by atoms with Gasteiger partial charge in [-0.1, -0.05) is 11.3 Å². The number of aromatic nitrogens is 1. The molecule has 1 aliphatic rings. The average molecular weight is 279 g/mol. The van der Waals surface area contributed by atoms with Crippen molar-refractivity contribution < 1.29 is 13.9 Å². The highest BCUT2D eigenvalue weighted by molar-refractivity contribution is 7.15. The summed E-state index contributed by atoms with van der Waals surface area (Å²) in [7, 11) is 0. The lowest BCUT2D eigenvalue weighted by molar-refractivity contribution is 0.112. The summed E-state index contributed by atoms with van der Waals surface area (Å²) in [6.45, 7) is 1.64. The smallest absolute Gasteiger partial charge is 0.321 e. The quantitative estimate of drug-likeness (QED) is 0.902. The van der Waals surface area contributed by atoms with Crippen molar-refractivity contribution >= 4 is 22.5 Å². The van der Waals surface area contributed by atoms with E-state index in [1.165, 1.54) is 11.3 Å². The van der Waals surface area contributed by atoms with Gasteiger partial charge < -0.3 is 14.5 Å². The van der Waals surface area contributed by atoms with Gasteiger partial charge in [0.1, 0.15) is 5.76 Å². The van der Waals surface area contributed by atoms with Crippen molar-refractivity contribution in [1.29, 1.82) is 0 Å². The number of carbonyl (C=O) groups is 1. The molecule has 6 nitrogen and oxygen atoms in total. The Morgan fingerprint density at radius 1 is 1.53 bits per heavy atom. The number of amides is 2. The van der Waals surface area contributed by atoms with Crippen molar-refractivity contribution in [2.24, 2.45) is 0 Å². The van der Waals surface area contributed by atoms with Gasteiger partial charge in [0.2, 0.25) is 0 Å². The van der Waals surface area contributed by atoms with Gasteiger partial charge in [-0.25, -0.2) is 9.78 Å². The Bertz CT molecular complexity index is 541. The van der Waals surface area contributed by atoms with E-state index in [4.69, 9.17) is 9.15 Å². The van der Waals surface area contributed by atoms with Gasteiger partial charge >= 0.3 is 6.03 Å². The summed E-state index contributed by atoms with van der Waals surface area (Å²) in [6, 6.07) is 3.30. The van der Waals surface area contributed by atoms with Gasteiger partial charge in [0, 0.05) is 6.42 Å². The van der Waals surface area contributed by atoms with E-state index in [1.54, 1.807) is 18.4 Å². The second kappa shape index (κ2) is 5.41. The van der Waals surface area contributed by atoms with Crippen LogP contribution in [0.2, 0.25) is 0 Å². The summed E-state index contributed by atoms with van der Waals surface area (Å²) in [5.41, 5.74) is 1.03. The lowest BCUT2D eigenvalue weighted by Crippen LogP contribution is -2.27. The van der Waals surface area contributed by atoms with Gasteiger partial charge in [0.15, 0.2) is 5.13 Å². The van der Waals surface area contributed by atoms with Gasteiger partial charge in [0.25, 0.3) is 0 Å². The van der Waals surface area contributed by atoms with Crippen LogP contribution in [0.3, 0.4) is 0 Å². The first-order valence-electron chi connectivity index (χ1n) is 5.95. The highest BCUT2D eigenvalue weighted by atomic mass is 32.1. The second-order valence-electron chi connectivity index (χ2n) is 4.08. The molecular formula is C12H13N3O3S. The first-order valence-corrected chi connectivity index (χ1v) is 6.76. The number of ether oxygens (including phenoxy) is 1. The highest BCUT2D eigenvalue weighted by Crippen LogP contribution is 2.26. The number of fused-ring (bicyclic) bond motifs is 1. The number of anilines is 1. The Morgan fingerprint density at radius 3 is 3.26 bits per heavy atom. The molecule has 3 heterocycles. The molecule has 0 spiro atoms. The van der Waals surface area contributed by atoms with Crippen LogP contribution in [-0.2, 0) is 24.3 Å². The molecule has 0 radical (unpaired) electrons. The monoisotopic (exact) mass is 279 g/mol. The Labute approximate surface area is 113 Å². The van der Waals surface area contributed by atoms with Gasteiger partial charge in [0.05, 0.1) is 36.6 Å².